The van der Waals surface area contributed by atoms with Crippen LogP contribution in [0.2, 0.25) is 0 Å². The summed E-state index contributed by atoms with van der Waals surface area (Å²) in [7, 11) is 0. The first-order valence-electron chi connectivity index (χ1n) is 9.69. The number of piperazine rings is 1. The van der Waals surface area contributed by atoms with Crippen molar-refractivity contribution in [1.82, 2.24) is 20.0 Å². The molecule has 0 aliphatic carbocycles. The number of carbonyl (C=O) groups is 2. The molecule has 1 unspecified atom stereocenters. The Morgan fingerprint density at radius 1 is 1.00 bits per heavy atom. The van der Waals surface area contributed by atoms with Crippen LogP contribution in [0, 0.1) is 0 Å². The molecule has 0 aromatic heterocycles. The molecule has 2 amide bonds. The lowest BCUT2D eigenvalue weighted by Crippen LogP contribution is -2.55. The number of rotatable bonds is 6. The fraction of sp³-hybridized carbons (Fsp3) is 0.600. The van der Waals surface area contributed by atoms with Crippen LogP contribution in [0.1, 0.15) is 25.3 Å². The number of amides is 2. The Morgan fingerprint density at radius 3 is 2.31 bits per heavy atom. The second-order valence-corrected chi connectivity index (χ2v) is 7.28. The fourth-order valence-corrected chi connectivity index (χ4v) is 3.72. The molecule has 2 fully saturated rings. The van der Waals surface area contributed by atoms with E-state index in [4.69, 9.17) is 0 Å². The first kappa shape index (κ1) is 18.9. The molecule has 0 radical (unpaired) electrons. The molecule has 1 N–H and O–H groups in total. The van der Waals surface area contributed by atoms with Crippen molar-refractivity contribution in [2.24, 2.45) is 0 Å². The summed E-state index contributed by atoms with van der Waals surface area (Å²) in [6.07, 6.45) is 2.26. The Hall–Kier alpha value is -1.92. The molecule has 26 heavy (non-hydrogen) atoms. The molecule has 1 aromatic carbocycles. The normalized spacial score (nSPS) is 20.1. The molecule has 6 heteroatoms. The van der Waals surface area contributed by atoms with Crippen LogP contribution in [-0.4, -0.2) is 78.4 Å². The third-order valence-electron chi connectivity index (χ3n) is 5.43. The van der Waals surface area contributed by atoms with Crippen molar-refractivity contribution in [2.45, 2.75) is 32.4 Å². The molecule has 0 saturated carbocycles. The molecule has 142 valence electrons. The van der Waals surface area contributed by atoms with Gasteiger partial charge in [0, 0.05) is 45.8 Å². The first-order chi connectivity index (χ1) is 12.6. The minimum Gasteiger partial charge on any atom is -0.351 e. The van der Waals surface area contributed by atoms with Gasteiger partial charge in [-0.05, 0) is 25.3 Å². The summed E-state index contributed by atoms with van der Waals surface area (Å²) in [5.74, 6) is 0.319. The highest BCUT2D eigenvalue weighted by Gasteiger charge is 2.30. The Balaban J connectivity index is 1.37. The molecule has 3 rings (SSSR count). The van der Waals surface area contributed by atoms with Crippen LogP contribution < -0.4 is 5.32 Å². The van der Waals surface area contributed by atoms with Gasteiger partial charge in [0.1, 0.15) is 0 Å². The van der Waals surface area contributed by atoms with Gasteiger partial charge in [-0.25, -0.2) is 0 Å². The van der Waals surface area contributed by atoms with Crippen LogP contribution in [0.5, 0.6) is 0 Å². The van der Waals surface area contributed by atoms with Gasteiger partial charge in [-0.1, -0.05) is 30.3 Å². The lowest BCUT2D eigenvalue weighted by Gasteiger charge is -2.38. The van der Waals surface area contributed by atoms with Crippen LogP contribution in [0.15, 0.2) is 30.3 Å². The molecule has 2 aliphatic rings. The number of nitrogens with one attached hydrogen (secondary N) is 1. The van der Waals surface area contributed by atoms with E-state index >= 15 is 0 Å². The molecule has 6 nitrogen and oxygen atoms in total. The first-order valence-corrected chi connectivity index (χ1v) is 9.69. The van der Waals surface area contributed by atoms with Gasteiger partial charge in [-0.15, -0.1) is 0 Å². The minimum atomic E-state index is -0.0536. The summed E-state index contributed by atoms with van der Waals surface area (Å²) >= 11 is 0. The van der Waals surface area contributed by atoms with E-state index in [1.807, 2.05) is 42.2 Å². The van der Waals surface area contributed by atoms with E-state index in [2.05, 4.69) is 15.1 Å². The van der Waals surface area contributed by atoms with Crippen molar-refractivity contribution in [2.75, 3.05) is 45.8 Å². The van der Waals surface area contributed by atoms with E-state index in [0.29, 0.717) is 13.1 Å². The summed E-state index contributed by atoms with van der Waals surface area (Å²) in [5.41, 5.74) is 1.11. The maximum Gasteiger partial charge on any atom is 0.239 e. The van der Waals surface area contributed by atoms with Crippen molar-refractivity contribution < 1.29 is 9.59 Å². The van der Waals surface area contributed by atoms with Crippen molar-refractivity contribution >= 4 is 11.8 Å². The predicted octanol–water partition coefficient (Wildman–Crippen LogP) is 0.931. The van der Waals surface area contributed by atoms with E-state index in [1.54, 1.807) is 0 Å². The molecule has 0 spiro atoms. The highest BCUT2D eigenvalue weighted by atomic mass is 16.2. The molecular weight excluding hydrogens is 328 g/mol. The van der Waals surface area contributed by atoms with Crippen LogP contribution in [0.4, 0.5) is 0 Å². The van der Waals surface area contributed by atoms with Crippen LogP contribution >= 0.6 is 0 Å². The van der Waals surface area contributed by atoms with E-state index < -0.39 is 0 Å². The molecule has 0 bridgehead atoms. The maximum absolute atomic E-state index is 12.5. The smallest absolute Gasteiger partial charge is 0.239 e. The number of carbonyl (C=O) groups excluding carboxylic acids is 2. The van der Waals surface area contributed by atoms with Gasteiger partial charge in [-0.3, -0.25) is 19.4 Å². The number of hydrogen-bond donors (Lipinski definition) is 1. The fourth-order valence-electron chi connectivity index (χ4n) is 3.72. The van der Waals surface area contributed by atoms with Crippen LogP contribution in [-0.2, 0) is 16.1 Å². The Kier molecular flexibility index (Phi) is 6.63. The van der Waals surface area contributed by atoms with Crippen molar-refractivity contribution in [1.29, 1.82) is 0 Å². The molecule has 2 heterocycles. The average molecular weight is 358 g/mol. The van der Waals surface area contributed by atoms with Gasteiger partial charge in [-0.2, -0.15) is 0 Å². The Labute approximate surface area is 156 Å². The second-order valence-electron chi connectivity index (χ2n) is 7.28. The van der Waals surface area contributed by atoms with Crippen molar-refractivity contribution in [3.05, 3.63) is 35.9 Å². The quantitative estimate of drug-likeness (QED) is 0.822. The number of hydrogen-bond acceptors (Lipinski definition) is 4. The molecular formula is C20H30N4O2. The molecule has 2 aliphatic heterocycles. The van der Waals surface area contributed by atoms with Gasteiger partial charge in [0.15, 0.2) is 0 Å². The number of benzene rings is 1. The number of nitrogens with zero attached hydrogens (tertiary/aromatic N) is 3. The minimum absolute atomic E-state index is 0.0536. The monoisotopic (exact) mass is 358 g/mol. The van der Waals surface area contributed by atoms with Crippen LogP contribution in [0.3, 0.4) is 0 Å². The predicted molar refractivity (Wildman–Crippen MR) is 102 cm³/mol. The van der Waals surface area contributed by atoms with E-state index in [1.165, 1.54) is 0 Å². The second kappa shape index (κ2) is 9.14. The molecule has 1 aromatic rings. The maximum atomic E-state index is 12.5. The SMILES string of the molecule is CC(C(=O)N1CCCC1)N1CCN(CC(=O)NCc2ccccc2)CC1. The van der Waals surface area contributed by atoms with Crippen molar-refractivity contribution in [3.63, 3.8) is 0 Å². The zero-order valence-corrected chi connectivity index (χ0v) is 15.7. The summed E-state index contributed by atoms with van der Waals surface area (Å²) in [5, 5.41) is 2.98. The highest BCUT2D eigenvalue weighted by Crippen LogP contribution is 2.13. The van der Waals surface area contributed by atoms with Gasteiger partial charge < -0.3 is 10.2 Å². The lowest BCUT2D eigenvalue weighted by molar-refractivity contribution is -0.136. The third kappa shape index (κ3) is 5.05. The van der Waals surface area contributed by atoms with Gasteiger partial charge in [0.25, 0.3) is 0 Å². The zero-order valence-electron chi connectivity index (χ0n) is 15.7. The average Bonchev–Trinajstić information content (AvgIpc) is 3.21. The van der Waals surface area contributed by atoms with E-state index in [9.17, 15) is 9.59 Å². The van der Waals surface area contributed by atoms with Crippen molar-refractivity contribution in [3.8, 4) is 0 Å². The summed E-state index contributed by atoms with van der Waals surface area (Å²) in [4.78, 5) is 31.1. The molecule has 2 saturated heterocycles. The highest BCUT2D eigenvalue weighted by molar-refractivity contribution is 5.81. The summed E-state index contributed by atoms with van der Waals surface area (Å²) < 4.78 is 0. The van der Waals surface area contributed by atoms with E-state index in [-0.39, 0.29) is 17.9 Å². The topological polar surface area (TPSA) is 55.9 Å². The van der Waals surface area contributed by atoms with E-state index in [0.717, 1.165) is 57.7 Å². The zero-order chi connectivity index (χ0) is 18.4. The van der Waals surface area contributed by atoms with Gasteiger partial charge in [0.05, 0.1) is 12.6 Å². The Bertz CT molecular complexity index is 593. The Morgan fingerprint density at radius 2 is 1.65 bits per heavy atom. The third-order valence-corrected chi connectivity index (χ3v) is 5.43. The van der Waals surface area contributed by atoms with Gasteiger partial charge in [0.2, 0.25) is 11.8 Å². The molecule has 1 atom stereocenters. The largest absolute Gasteiger partial charge is 0.351 e. The van der Waals surface area contributed by atoms with Gasteiger partial charge >= 0.3 is 0 Å². The summed E-state index contributed by atoms with van der Waals surface area (Å²) in [6, 6.07) is 9.90. The lowest BCUT2D eigenvalue weighted by atomic mass is 10.2. The standard InChI is InChI=1S/C20H30N4O2/c1-17(20(26)24-9-5-6-10-24)23-13-11-22(12-14-23)16-19(25)21-15-18-7-3-2-4-8-18/h2-4,7-8,17H,5-6,9-16H2,1H3,(H,21,25). The van der Waals surface area contributed by atoms with Crippen LogP contribution in [0.25, 0.3) is 0 Å². The number of likely N-dealkylation sites (tertiary alicyclic amines) is 1. The summed E-state index contributed by atoms with van der Waals surface area (Å²) in [6.45, 7) is 8.17.